The third-order valence-electron chi connectivity index (χ3n) is 4.63. The third kappa shape index (κ3) is 6.27. The third-order valence-corrected chi connectivity index (χ3v) is 6.07. The van der Waals surface area contributed by atoms with Crippen LogP contribution < -0.4 is 5.32 Å². The van der Waals surface area contributed by atoms with Crippen LogP contribution in [0.2, 0.25) is 0 Å². The Bertz CT molecular complexity index is 1180. The lowest BCUT2D eigenvalue weighted by atomic mass is 10.1. The minimum Gasteiger partial charge on any atom is -0.355 e. The second kappa shape index (κ2) is 10.7. The number of hydrogen-bond donors (Lipinski definition) is 1. The second-order valence-corrected chi connectivity index (χ2v) is 9.39. The zero-order chi connectivity index (χ0) is 21.5. The van der Waals surface area contributed by atoms with E-state index >= 15 is 0 Å². The van der Waals surface area contributed by atoms with Crippen LogP contribution in [0.5, 0.6) is 0 Å². The van der Waals surface area contributed by atoms with E-state index in [1.165, 1.54) is 7.14 Å². The first kappa shape index (κ1) is 21.8. The molecular weight excluding hydrogens is 606 g/mol. The lowest BCUT2D eigenvalue weighted by Crippen LogP contribution is -2.04. The Morgan fingerprint density at radius 3 is 1.71 bits per heavy atom. The van der Waals surface area contributed by atoms with Crippen LogP contribution in [0.3, 0.4) is 0 Å². The summed E-state index contributed by atoms with van der Waals surface area (Å²) in [4.78, 5) is 4.99. The van der Waals surface area contributed by atoms with Crippen molar-refractivity contribution in [3.8, 4) is 0 Å². The summed E-state index contributed by atoms with van der Waals surface area (Å²) in [6.45, 7) is 0. The van der Waals surface area contributed by atoms with Crippen LogP contribution in [-0.4, -0.2) is 5.71 Å². The molecule has 0 spiro atoms. The maximum Gasteiger partial charge on any atom is 0.0730 e. The molecule has 1 N–H and O–H groups in total. The standard InChI is InChI=1S/C27H20I2N2/c28-22-11-15-24(16-12-22)30-26(20-7-3-1-4-8-20)19-27(21-9-5-2-6-10-21)31-25-17-13-23(29)14-18-25/h1-19,30H/b26-19-,31-27?. The molecule has 0 heterocycles. The first-order valence-corrected chi connectivity index (χ1v) is 12.0. The van der Waals surface area contributed by atoms with Crippen molar-refractivity contribution in [1.29, 1.82) is 0 Å². The summed E-state index contributed by atoms with van der Waals surface area (Å²) in [5.41, 5.74) is 6.04. The number of nitrogens with one attached hydrogen (secondary N) is 1. The molecule has 0 radical (unpaired) electrons. The average molecular weight is 626 g/mol. The van der Waals surface area contributed by atoms with Crippen molar-refractivity contribution in [3.05, 3.63) is 134 Å². The Balaban J connectivity index is 1.81. The highest BCUT2D eigenvalue weighted by molar-refractivity contribution is 14.1. The molecule has 0 aliphatic carbocycles. The minimum atomic E-state index is 0.902. The van der Waals surface area contributed by atoms with E-state index in [1.807, 2.05) is 36.4 Å². The molecule has 4 rings (SSSR count). The Morgan fingerprint density at radius 1 is 0.613 bits per heavy atom. The van der Waals surface area contributed by atoms with Gasteiger partial charge >= 0.3 is 0 Å². The summed E-state index contributed by atoms with van der Waals surface area (Å²) in [6, 6.07) is 37.3. The highest BCUT2D eigenvalue weighted by Gasteiger charge is 2.08. The van der Waals surface area contributed by atoms with Crippen molar-refractivity contribution in [1.82, 2.24) is 0 Å². The number of benzene rings is 4. The van der Waals surface area contributed by atoms with Crippen LogP contribution in [0.4, 0.5) is 11.4 Å². The Morgan fingerprint density at radius 2 is 1.13 bits per heavy atom. The van der Waals surface area contributed by atoms with E-state index in [4.69, 9.17) is 4.99 Å². The zero-order valence-corrected chi connectivity index (χ0v) is 21.0. The van der Waals surface area contributed by atoms with Crippen LogP contribution in [0.15, 0.2) is 120 Å². The fourth-order valence-electron chi connectivity index (χ4n) is 3.08. The summed E-state index contributed by atoms with van der Waals surface area (Å²) in [7, 11) is 0. The monoisotopic (exact) mass is 626 g/mol. The van der Waals surface area contributed by atoms with Crippen molar-refractivity contribution in [2.45, 2.75) is 0 Å². The molecule has 2 nitrogen and oxygen atoms in total. The van der Waals surface area contributed by atoms with E-state index in [0.717, 1.165) is 33.9 Å². The van der Waals surface area contributed by atoms with Crippen molar-refractivity contribution >= 4 is 68.0 Å². The molecule has 0 atom stereocenters. The molecule has 0 fully saturated rings. The van der Waals surface area contributed by atoms with Crippen LogP contribution >= 0.6 is 45.2 Å². The van der Waals surface area contributed by atoms with Gasteiger partial charge in [0, 0.05) is 24.1 Å². The highest BCUT2D eigenvalue weighted by atomic mass is 127. The summed E-state index contributed by atoms with van der Waals surface area (Å²) >= 11 is 4.64. The predicted molar refractivity (Wildman–Crippen MR) is 149 cm³/mol. The van der Waals surface area contributed by atoms with E-state index < -0.39 is 0 Å². The van der Waals surface area contributed by atoms with Gasteiger partial charge in [-0.25, -0.2) is 4.99 Å². The summed E-state index contributed by atoms with van der Waals surface area (Å²) in [5, 5.41) is 3.59. The van der Waals surface area contributed by atoms with Gasteiger partial charge < -0.3 is 5.32 Å². The molecular formula is C27H20I2N2. The van der Waals surface area contributed by atoms with E-state index in [0.29, 0.717) is 0 Å². The van der Waals surface area contributed by atoms with Gasteiger partial charge in [-0.3, -0.25) is 0 Å². The molecule has 4 aromatic rings. The maximum absolute atomic E-state index is 4.99. The maximum atomic E-state index is 4.99. The quantitative estimate of drug-likeness (QED) is 0.170. The van der Waals surface area contributed by atoms with Crippen molar-refractivity contribution in [3.63, 3.8) is 0 Å². The smallest absolute Gasteiger partial charge is 0.0730 e. The van der Waals surface area contributed by atoms with Crippen molar-refractivity contribution in [2.75, 3.05) is 5.32 Å². The number of rotatable bonds is 6. The van der Waals surface area contributed by atoms with Crippen LogP contribution in [0.1, 0.15) is 11.1 Å². The number of anilines is 1. The molecule has 0 saturated heterocycles. The second-order valence-electron chi connectivity index (χ2n) is 6.90. The minimum absolute atomic E-state index is 0.902. The van der Waals surface area contributed by atoms with Gasteiger partial charge in [-0.05, 0) is 105 Å². The molecule has 0 saturated carbocycles. The van der Waals surface area contributed by atoms with Crippen LogP contribution in [0, 0.1) is 7.14 Å². The number of allylic oxidation sites excluding steroid dienone is 1. The van der Waals surface area contributed by atoms with Gasteiger partial charge in [-0.15, -0.1) is 0 Å². The topological polar surface area (TPSA) is 24.4 Å². The summed E-state index contributed by atoms with van der Waals surface area (Å²) < 4.78 is 2.40. The normalized spacial score (nSPS) is 11.9. The fraction of sp³-hybridized carbons (Fsp3) is 0. The Kier molecular flexibility index (Phi) is 7.53. The first-order chi connectivity index (χ1) is 15.2. The lowest BCUT2D eigenvalue weighted by molar-refractivity contribution is 1.48. The zero-order valence-electron chi connectivity index (χ0n) is 16.7. The van der Waals surface area contributed by atoms with Gasteiger partial charge in [-0.1, -0.05) is 60.7 Å². The highest BCUT2D eigenvalue weighted by Crippen LogP contribution is 2.23. The number of hydrogen-bond acceptors (Lipinski definition) is 2. The van der Waals surface area contributed by atoms with Gasteiger partial charge in [0.2, 0.25) is 0 Å². The molecule has 4 aromatic carbocycles. The molecule has 31 heavy (non-hydrogen) atoms. The molecule has 0 bridgehead atoms. The lowest BCUT2D eigenvalue weighted by Gasteiger charge is -2.13. The van der Waals surface area contributed by atoms with E-state index in [9.17, 15) is 0 Å². The molecule has 0 aromatic heterocycles. The largest absolute Gasteiger partial charge is 0.355 e. The molecule has 0 aliphatic heterocycles. The van der Waals surface area contributed by atoms with E-state index in [2.05, 4.69) is 129 Å². The fourth-order valence-corrected chi connectivity index (χ4v) is 3.80. The number of halogens is 2. The van der Waals surface area contributed by atoms with Gasteiger partial charge in [0.15, 0.2) is 0 Å². The van der Waals surface area contributed by atoms with Crippen LogP contribution in [0.25, 0.3) is 5.70 Å². The van der Waals surface area contributed by atoms with Gasteiger partial charge in [-0.2, -0.15) is 0 Å². The number of nitrogens with zero attached hydrogens (tertiary/aromatic N) is 1. The predicted octanol–water partition coefficient (Wildman–Crippen LogP) is 8.17. The Hall–Kier alpha value is -2.45. The number of aliphatic imine (C=N–C) groups is 1. The molecule has 0 amide bonds. The van der Waals surface area contributed by atoms with Crippen molar-refractivity contribution in [2.24, 2.45) is 4.99 Å². The van der Waals surface area contributed by atoms with E-state index in [1.54, 1.807) is 0 Å². The first-order valence-electron chi connectivity index (χ1n) is 9.87. The average Bonchev–Trinajstić information content (AvgIpc) is 2.82. The summed E-state index contributed by atoms with van der Waals surface area (Å²) in [5.74, 6) is 0. The SMILES string of the molecule is Ic1ccc(N=C(/C=C(\Nc2ccc(I)cc2)c2ccccc2)c2ccccc2)cc1. The van der Waals surface area contributed by atoms with Gasteiger partial charge in [0.1, 0.15) is 0 Å². The van der Waals surface area contributed by atoms with Crippen LogP contribution in [-0.2, 0) is 0 Å². The van der Waals surface area contributed by atoms with E-state index in [-0.39, 0.29) is 0 Å². The summed E-state index contributed by atoms with van der Waals surface area (Å²) in [6.07, 6.45) is 2.13. The molecule has 4 heteroatoms. The van der Waals surface area contributed by atoms with Gasteiger partial charge in [0.25, 0.3) is 0 Å². The van der Waals surface area contributed by atoms with Crippen molar-refractivity contribution < 1.29 is 0 Å². The molecule has 0 unspecified atom stereocenters. The van der Waals surface area contributed by atoms with Gasteiger partial charge in [0.05, 0.1) is 11.4 Å². The molecule has 0 aliphatic rings. The molecule has 152 valence electrons. The Labute approximate surface area is 210 Å².